The highest BCUT2D eigenvalue weighted by Gasteiger charge is 2.04. The molecule has 0 radical (unpaired) electrons. The number of rotatable bonds is 6. The van der Waals surface area contributed by atoms with Gasteiger partial charge in [0.05, 0.1) is 18.1 Å². The second kappa shape index (κ2) is 9.59. The molecule has 0 saturated carbocycles. The third kappa shape index (κ3) is 5.77. The van der Waals surface area contributed by atoms with Crippen molar-refractivity contribution in [1.82, 2.24) is 14.9 Å². The molecule has 1 heterocycles. The zero-order valence-electron chi connectivity index (χ0n) is 12.2. The third-order valence-corrected chi connectivity index (χ3v) is 2.80. The molecule has 0 aliphatic carbocycles. The van der Waals surface area contributed by atoms with Gasteiger partial charge in [-0.1, -0.05) is 13.8 Å². The summed E-state index contributed by atoms with van der Waals surface area (Å²) in [6.07, 6.45) is 3.64. The third-order valence-electron chi connectivity index (χ3n) is 2.80. The Morgan fingerprint density at radius 3 is 2.11 bits per heavy atom. The Kier molecular flexibility index (Phi) is 8.84. The largest absolute Gasteiger partial charge is 0.357 e. The van der Waals surface area contributed by atoms with Gasteiger partial charge in [0.15, 0.2) is 0 Å². The van der Waals surface area contributed by atoms with Gasteiger partial charge in [0.2, 0.25) is 0 Å². The first kappa shape index (κ1) is 16.6. The molecule has 0 aromatic carbocycles. The summed E-state index contributed by atoms with van der Waals surface area (Å²) >= 11 is 0. The van der Waals surface area contributed by atoms with Gasteiger partial charge in [-0.3, -0.25) is 4.98 Å². The highest BCUT2D eigenvalue weighted by molar-refractivity contribution is 5.34. The summed E-state index contributed by atoms with van der Waals surface area (Å²) in [6.45, 7) is 16.6. The molecule has 4 heteroatoms. The molecular formula is C14H26N4. The predicted octanol–water partition coefficient (Wildman–Crippen LogP) is 2.37. The van der Waals surface area contributed by atoms with Crippen LogP contribution in [0.5, 0.6) is 0 Å². The van der Waals surface area contributed by atoms with Crippen LogP contribution < -0.4 is 4.90 Å². The number of aromatic nitrogens is 2. The van der Waals surface area contributed by atoms with Crippen LogP contribution in [0.15, 0.2) is 25.6 Å². The van der Waals surface area contributed by atoms with Gasteiger partial charge in [0.1, 0.15) is 5.82 Å². The summed E-state index contributed by atoms with van der Waals surface area (Å²) in [5.74, 6) is 0.942. The lowest BCUT2D eigenvalue weighted by molar-refractivity contribution is 0.311. The minimum absolute atomic E-state index is 0.942. The molecule has 0 amide bonds. The summed E-state index contributed by atoms with van der Waals surface area (Å²) in [5, 5.41) is 0. The van der Waals surface area contributed by atoms with E-state index in [4.69, 9.17) is 0 Å². The zero-order valence-corrected chi connectivity index (χ0v) is 12.2. The van der Waals surface area contributed by atoms with E-state index in [1.807, 2.05) is 19.3 Å². The second-order valence-corrected chi connectivity index (χ2v) is 3.96. The molecule has 1 aromatic rings. The Morgan fingerprint density at radius 2 is 1.67 bits per heavy atom. The molecule has 1 aromatic heterocycles. The van der Waals surface area contributed by atoms with Gasteiger partial charge < -0.3 is 9.80 Å². The highest BCUT2D eigenvalue weighted by atomic mass is 15.2. The van der Waals surface area contributed by atoms with Crippen molar-refractivity contribution in [3.8, 4) is 0 Å². The first-order valence-electron chi connectivity index (χ1n) is 6.39. The number of anilines is 1. The Bertz CT molecular complexity index is 306. The Hall–Kier alpha value is -1.42. The lowest BCUT2D eigenvalue weighted by atomic mass is 10.4. The lowest BCUT2D eigenvalue weighted by Crippen LogP contribution is -2.33. The van der Waals surface area contributed by atoms with E-state index in [0.29, 0.717) is 0 Å². The normalized spacial score (nSPS) is 9.83. The molecule has 0 saturated heterocycles. The van der Waals surface area contributed by atoms with Crippen molar-refractivity contribution in [3.05, 3.63) is 31.2 Å². The van der Waals surface area contributed by atoms with Crippen molar-refractivity contribution < 1.29 is 0 Å². The van der Waals surface area contributed by atoms with E-state index in [-0.39, 0.29) is 0 Å². The average molecular weight is 250 g/mol. The standard InChI is InChI=1S/C12H22N4.C2H4/c1-5-16(6-2)8-7-15(4)12-10-13-11(3)9-14-12;1-2/h9-10H,5-8H2,1-4H3;1-2H2. The van der Waals surface area contributed by atoms with Crippen LogP contribution in [-0.4, -0.2) is 48.1 Å². The number of hydrogen-bond donors (Lipinski definition) is 0. The van der Waals surface area contributed by atoms with Crippen LogP contribution in [0.1, 0.15) is 19.5 Å². The lowest BCUT2D eigenvalue weighted by Gasteiger charge is -2.23. The molecule has 0 aliphatic heterocycles. The van der Waals surface area contributed by atoms with Gasteiger partial charge in [-0.05, 0) is 20.0 Å². The number of hydrogen-bond acceptors (Lipinski definition) is 4. The summed E-state index contributed by atoms with van der Waals surface area (Å²) in [4.78, 5) is 13.1. The van der Waals surface area contributed by atoms with Gasteiger partial charge in [-0.25, -0.2) is 4.98 Å². The SMILES string of the molecule is C=C.CCN(CC)CCN(C)c1cnc(C)cn1. The Morgan fingerprint density at radius 1 is 1.06 bits per heavy atom. The first-order valence-corrected chi connectivity index (χ1v) is 6.39. The molecule has 4 nitrogen and oxygen atoms in total. The highest BCUT2D eigenvalue weighted by Crippen LogP contribution is 2.05. The Labute approximate surface area is 111 Å². The molecule has 0 unspecified atom stereocenters. The number of aryl methyl sites for hydroxylation is 1. The van der Waals surface area contributed by atoms with Crippen molar-refractivity contribution in [2.75, 3.05) is 38.1 Å². The topological polar surface area (TPSA) is 32.3 Å². The molecule has 1 rings (SSSR count). The predicted molar refractivity (Wildman–Crippen MR) is 79.1 cm³/mol. The van der Waals surface area contributed by atoms with Crippen molar-refractivity contribution in [2.45, 2.75) is 20.8 Å². The Balaban J connectivity index is 0.00000137. The van der Waals surface area contributed by atoms with E-state index in [9.17, 15) is 0 Å². The maximum atomic E-state index is 4.35. The summed E-state index contributed by atoms with van der Waals surface area (Å²) in [6, 6.07) is 0. The molecular weight excluding hydrogens is 224 g/mol. The number of likely N-dealkylation sites (N-methyl/N-ethyl adjacent to an activating group) is 2. The first-order chi connectivity index (χ1) is 8.67. The van der Waals surface area contributed by atoms with Gasteiger partial charge in [-0.2, -0.15) is 0 Å². The van der Waals surface area contributed by atoms with Crippen LogP contribution in [0.2, 0.25) is 0 Å². The smallest absolute Gasteiger partial charge is 0.146 e. The van der Waals surface area contributed by atoms with Crippen LogP contribution in [-0.2, 0) is 0 Å². The van der Waals surface area contributed by atoms with Crippen LogP contribution >= 0.6 is 0 Å². The van der Waals surface area contributed by atoms with Crippen molar-refractivity contribution in [2.24, 2.45) is 0 Å². The molecule has 0 spiro atoms. The molecule has 102 valence electrons. The number of nitrogens with zero attached hydrogens (tertiary/aromatic N) is 4. The van der Waals surface area contributed by atoms with E-state index in [0.717, 1.165) is 37.7 Å². The fourth-order valence-corrected chi connectivity index (χ4v) is 1.53. The van der Waals surface area contributed by atoms with Crippen molar-refractivity contribution in [3.63, 3.8) is 0 Å². The zero-order chi connectivity index (χ0) is 14.0. The van der Waals surface area contributed by atoms with Gasteiger partial charge in [0.25, 0.3) is 0 Å². The average Bonchev–Trinajstić information content (AvgIpc) is 2.42. The summed E-state index contributed by atoms with van der Waals surface area (Å²) in [7, 11) is 2.06. The van der Waals surface area contributed by atoms with E-state index < -0.39 is 0 Å². The summed E-state index contributed by atoms with van der Waals surface area (Å²) in [5.41, 5.74) is 0.959. The molecule has 0 fully saturated rings. The molecule has 0 aliphatic rings. The maximum absolute atomic E-state index is 4.35. The summed E-state index contributed by atoms with van der Waals surface area (Å²) < 4.78 is 0. The van der Waals surface area contributed by atoms with Crippen LogP contribution in [0.4, 0.5) is 5.82 Å². The van der Waals surface area contributed by atoms with E-state index in [1.54, 1.807) is 0 Å². The van der Waals surface area contributed by atoms with Gasteiger partial charge in [-0.15, -0.1) is 13.2 Å². The molecule has 0 atom stereocenters. The molecule has 18 heavy (non-hydrogen) atoms. The monoisotopic (exact) mass is 250 g/mol. The quantitative estimate of drug-likeness (QED) is 0.726. The minimum Gasteiger partial charge on any atom is -0.357 e. The fraction of sp³-hybridized carbons (Fsp3) is 0.571. The van der Waals surface area contributed by atoms with E-state index in [1.165, 1.54) is 0 Å². The molecule has 0 bridgehead atoms. The fourth-order valence-electron chi connectivity index (χ4n) is 1.53. The van der Waals surface area contributed by atoms with Gasteiger partial charge >= 0.3 is 0 Å². The van der Waals surface area contributed by atoms with E-state index in [2.05, 4.69) is 53.8 Å². The molecule has 0 N–H and O–H groups in total. The van der Waals surface area contributed by atoms with E-state index >= 15 is 0 Å². The minimum atomic E-state index is 0.942. The maximum Gasteiger partial charge on any atom is 0.146 e. The van der Waals surface area contributed by atoms with Crippen LogP contribution in [0.25, 0.3) is 0 Å². The van der Waals surface area contributed by atoms with Crippen molar-refractivity contribution >= 4 is 5.82 Å². The van der Waals surface area contributed by atoms with Crippen LogP contribution in [0.3, 0.4) is 0 Å². The second-order valence-electron chi connectivity index (χ2n) is 3.96. The van der Waals surface area contributed by atoms with Gasteiger partial charge in [0, 0.05) is 20.1 Å². The van der Waals surface area contributed by atoms with Crippen LogP contribution in [0, 0.1) is 6.92 Å². The van der Waals surface area contributed by atoms with Crippen molar-refractivity contribution in [1.29, 1.82) is 0 Å².